The van der Waals surface area contributed by atoms with Crippen LogP contribution in [-0.4, -0.2) is 42.7 Å². The van der Waals surface area contributed by atoms with Gasteiger partial charge in [-0.05, 0) is 45.0 Å². The van der Waals surface area contributed by atoms with Crippen molar-refractivity contribution in [2.24, 2.45) is 0 Å². The van der Waals surface area contributed by atoms with Crippen molar-refractivity contribution in [3.63, 3.8) is 0 Å². The Morgan fingerprint density at radius 2 is 1.87 bits per heavy atom. The topological polar surface area (TPSA) is 159 Å². The number of rotatable bonds is 5. The van der Waals surface area contributed by atoms with Crippen LogP contribution >= 0.6 is 0 Å². The van der Waals surface area contributed by atoms with Gasteiger partial charge in [0.15, 0.2) is 11.2 Å². The van der Waals surface area contributed by atoms with Crippen LogP contribution in [0.15, 0.2) is 35.3 Å². The molecule has 4 N–H and O–H groups in total. The summed E-state index contributed by atoms with van der Waals surface area (Å²) in [6, 6.07) is 6.21. The van der Waals surface area contributed by atoms with Crippen molar-refractivity contribution in [1.82, 2.24) is 19.9 Å². The van der Waals surface area contributed by atoms with Gasteiger partial charge in [-0.3, -0.25) is 15.1 Å². The lowest BCUT2D eigenvalue weighted by Crippen LogP contribution is -2.28. The molecule has 0 aliphatic rings. The van der Waals surface area contributed by atoms with Crippen molar-refractivity contribution in [2.75, 3.05) is 10.6 Å². The number of carbonyl (C=O) groups is 2. The Labute approximate surface area is 170 Å². The lowest BCUT2D eigenvalue weighted by molar-refractivity contribution is 0.0632. The van der Waals surface area contributed by atoms with Gasteiger partial charge in [0.05, 0.1) is 24.0 Å². The van der Waals surface area contributed by atoms with Crippen LogP contribution < -0.4 is 16.2 Å². The van der Waals surface area contributed by atoms with E-state index in [0.29, 0.717) is 11.4 Å². The number of amides is 1. The molecule has 30 heavy (non-hydrogen) atoms. The number of aromatic amines is 1. The molecular formula is C19H20N6O5. The van der Waals surface area contributed by atoms with Crippen molar-refractivity contribution in [1.29, 1.82) is 0 Å². The Kier molecular flexibility index (Phi) is 5.63. The first-order valence-corrected chi connectivity index (χ1v) is 8.94. The van der Waals surface area contributed by atoms with Gasteiger partial charge in [-0.25, -0.2) is 19.6 Å². The lowest BCUT2D eigenvalue weighted by atomic mass is 10.2. The maximum Gasteiger partial charge on any atom is 0.414 e. The van der Waals surface area contributed by atoms with Gasteiger partial charge >= 0.3 is 12.1 Å². The van der Waals surface area contributed by atoms with Gasteiger partial charge in [0.25, 0.3) is 5.56 Å². The van der Waals surface area contributed by atoms with Gasteiger partial charge in [0.1, 0.15) is 5.60 Å². The number of carboxylic acids is 1. The van der Waals surface area contributed by atoms with Crippen molar-refractivity contribution in [2.45, 2.75) is 32.9 Å². The number of aromatic nitrogens is 4. The lowest BCUT2D eigenvalue weighted by Gasteiger charge is -2.19. The molecule has 0 radical (unpaired) electrons. The van der Waals surface area contributed by atoms with E-state index in [1.165, 1.54) is 18.3 Å². The number of nitrogens with one attached hydrogen (secondary N) is 3. The van der Waals surface area contributed by atoms with E-state index in [1.807, 2.05) is 0 Å². The molecule has 1 amide bonds. The molecule has 2 aromatic heterocycles. The van der Waals surface area contributed by atoms with Gasteiger partial charge in [0, 0.05) is 5.69 Å². The SMILES string of the molecule is CC(C)(C)OC(=O)Nc1nc2ncc(CNc3ccc(C(=O)O)cc3)nc2c(=O)[nH]1. The average Bonchev–Trinajstić information content (AvgIpc) is 2.65. The van der Waals surface area contributed by atoms with Gasteiger partial charge in [-0.15, -0.1) is 0 Å². The number of benzene rings is 1. The standard InChI is InChI=1S/C19H20N6O5/c1-19(2,3)30-18(29)25-17-23-14-13(15(26)24-17)22-12(9-21-14)8-20-11-6-4-10(5-7-11)16(27)28/h4-7,9,20H,8H2,1-3H3,(H,27,28)(H2,21,23,24,25,26,29). The number of ether oxygens (including phenoxy) is 1. The minimum absolute atomic E-state index is 0.0188. The van der Waals surface area contributed by atoms with Crippen LogP contribution in [0.2, 0.25) is 0 Å². The first-order valence-electron chi connectivity index (χ1n) is 8.94. The molecule has 3 rings (SSSR count). The third kappa shape index (κ3) is 5.28. The monoisotopic (exact) mass is 412 g/mol. The summed E-state index contributed by atoms with van der Waals surface area (Å²) in [5.74, 6) is -1.10. The number of hydrogen-bond acceptors (Lipinski definition) is 8. The van der Waals surface area contributed by atoms with Crippen LogP contribution in [-0.2, 0) is 11.3 Å². The number of nitrogens with zero attached hydrogens (tertiary/aromatic N) is 3. The number of carbonyl (C=O) groups excluding carboxylic acids is 1. The molecule has 0 fully saturated rings. The van der Waals surface area contributed by atoms with E-state index in [-0.39, 0.29) is 29.2 Å². The van der Waals surface area contributed by atoms with Gasteiger partial charge in [0.2, 0.25) is 5.95 Å². The molecule has 0 saturated heterocycles. The second-order valence-corrected chi connectivity index (χ2v) is 7.31. The average molecular weight is 412 g/mol. The first-order chi connectivity index (χ1) is 14.1. The highest BCUT2D eigenvalue weighted by molar-refractivity contribution is 5.88. The van der Waals surface area contributed by atoms with Crippen molar-refractivity contribution < 1.29 is 19.4 Å². The molecule has 0 unspecified atom stereocenters. The largest absolute Gasteiger partial charge is 0.478 e. The second-order valence-electron chi connectivity index (χ2n) is 7.31. The Bertz CT molecular complexity index is 1150. The summed E-state index contributed by atoms with van der Waals surface area (Å²) in [4.78, 5) is 49.9. The molecule has 0 saturated carbocycles. The second kappa shape index (κ2) is 8.15. The summed E-state index contributed by atoms with van der Waals surface area (Å²) >= 11 is 0. The summed E-state index contributed by atoms with van der Waals surface area (Å²) in [6.45, 7) is 5.40. The molecule has 0 spiro atoms. The molecule has 0 bridgehead atoms. The van der Waals surface area contributed by atoms with Crippen LogP contribution in [0.5, 0.6) is 0 Å². The first kappa shape index (κ1) is 20.7. The van der Waals surface area contributed by atoms with E-state index in [0.717, 1.165) is 0 Å². The third-order valence-electron chi connectivity index (χ3n) is 3.69. The summed E-state index contributed by atoms with van der Waals surface area (Å²) in [6.07, 6.45) is 0.692. The van der Waals surface area contributed by atoms with Crippen molar-refractivity contribution >= 4 is 34.9 Å². The molecule has 0 aliphatic heterocycles. The van der Waals surface area contributed by atoms with E-state index in [1.54, 1.807) is 32.9 Å². The van der Waals surface area contributed by atoms with Crippen LogP contribution in [0, 0.1) is 0 Å². The Balaban J connectivity index is 1.73. The number of anilines is 2. The summed E-state index contributed by atoms with van der Waals surface area (Å²) in [5.41, 5.74) is 0.169. The number of H-pyrrole nitrogens is 1. The highest BCUT2D eigenvalue weighted by Crippen LogP contribution is 2.12. The third-order valence-corrected chi connectivity index (χ3v) is 3.69. The minimum Gasteiger partial charge on any atom is -0.478 e. The fourth-order valence-corrected chi connectivity index (χ4v) is 2.42. The Morgan fingerprint density at radius 3 is 2.50 bits per heavy atom. The Morgan fingerprint density at radius 1 is 1.17 bits per heavy atom. The number of hydrogen-bond donors (Lipinski definition) is 4. The van der Waals surface area contributed by atoms with Crippen molar-refractivity contribution in [3.05, 3.63) is 52.1 Å². The predicted octanol–water partition coefficient (Wildman–Crippen LogP) is 2.37. The fraction of sp³-hybridized carbons (Fsp3) is 0.263. The number of carboxylic acid groups (broad SMARTS) is 1. The zero-order valence-corrected chi connectivity index (χ0v) is 16.5. The summed E-state index contributed by atoms with van der Waals surface area (Å²) in [7, 11) is 0. The molecule has 11 nitrogen and oxygen atoms in total. The molecular weight excluding hydrogens is 392 g/mol. The van der Waals surface area contributed by atoms with Crippen molar-refractivity contribution in [3.8, 4) is 0 Å². The minimum atomic E-state index is -1.01. The Hall–Kier alpha value is -4.02. The van der Waals surface area contributed by atoms with E-state index >= 15 is 0 Å². The molecule has 1 aromatic carbocycles. The highest BCUT2D eigenvalue weighted by Gasteiger charge is 2.17. The summed E-state index contributed by atoms with van der Waals surface area (Å²) in [5, 5.41) is 14.3. The van der Waals surface area contributed by atoms with Crippen LogP contribution in [0.25, 0.3) is 11.2 Å². The highest BCUT2D eigenvalue weighted by atomic mass is 16.6. The maximum absolute atomic E-state index is 12.3. The summed E-state index contributed by atoms with van der Waals surface area (Å²) < 4.78 is 5.12. The normalized spacial score (nSPS) is 11.2. The zero-order chi connectivity index (χ0) is 21.9. The van der Waals surface area contributed by atoms with E-state index in [9.17, 15) is 14.4 Å². The molecule has 11 heteroatoms. The smallest absolute Gasteiger partial charge is 0.414 e. The van der Waals surface area contributed by atoms with E-state index in [2.05, 4.69) is 30.6 Å². The number of fused-ring (bicyclic) bond motifs is 1. The quantitative estimate of drug-likeness (QED) is 0.493. The maximum atomic E-state index is 12.3. The van der Waals surface area contributed by atoms with Crippen LogP contribution in [0.3, 0.4) is 0 Å². The van der Waals surface area contributed by atoms with E-state index in [4.69, 9.17) is 9.84 Å². The van der Waals surface area contributed by atoms with Gasteiger partial charge in [-0.2, -0.15) is 4.98 Å². The predicted molar refractivity (Wildman–Crippen MR) is 109 cm³/mol. The molecule has 0 aliphatic carbocycles. The molecule has 2 heterocycles. The number of aromatic carboxylic acids is 1. The van der Waals surface area contributed by atoms with Crippen LogP contribution in [0.1, 0.15) is 36.8 Å². The fourth-order valence-electron chi connectivity index (χ4n) is 2.42. The molecule has 156 valence electrons. The van der Waals surface area contributed by atoms with Crippen LogP contribution in [0.4, 0.5) is 16.4 Å². The van der Waals surface area contributed by atoms with Gasteiger partial charge in [-0.1, -0.05) is 0 Å². The van der Waals surface area contributed by atoms with Gasteiger partial charge < -0.3 is 15.2 Å². The van der Waals surface area contributed by atoms with E-state index < -0.39 is 23.2 Å². The zero-order valence-electron chi connectivity index (χ0n) is 16.5. The molecule has 0 atom stereocenters. The molecule has 3 aromatic rings.